The van der Waals surface area contributed by atoms with E-state index < -0.39 is 11.8 Å². The third-order valence-electron chi connectivity index (χ3n) is 3.65. The maximum atomic E-state index is 12.2. The highest BCUT2D eigenvalue weighted by molar-refractivity contribution is 5.96. The van der Waals surface area contributed by atoms with Crippen LogP contribution in [0.25, 0.3) is 0 Å². The molecule has 0 saturated heterocycles. The van der Waals surface area contributed by atoms with Gasteiger partial charge in [-0.3, -0.25) is 25.2 Å². The van der Waals surface area contributed by atoms with Crippen molar-refractivity contribution in [2.75, 3.05) is 20.2 Å². The van der Waals surface area contributed by atoms with Crippen molar-refractivity contribution in [2.45, 2.75) is 13.8 Å². The highest BCUT2D eigenvalue weighted by atomic mass is 16.5. The lowest BCUT2D eigenvalue weighted by molar-refractivity contribution is -0.130. The lowest BCUT2D eigenvalue weighted by Gasteiger charge is -2.17. The maximum absolute atomic E-state index is 12.2. The van der Waals surface area contributed by atoms with Crippen molar-refractivity contribution >= 4 is 17.7 Å². The van der Waals surface area contributed by atoms with E-state index in [1.807, 2.05) is 32.0 Å². The predicted molar refractivity (Wildman–Crippen MR) is 101 cm³/mol. The van der Waals surface area contributed by atoms with Crippen LogP contribution >= 0.6 is 0 Å². The number of benzene rings is 2. The molecule has 7 nitrogen and oxygen atoms in total. The van der Waals surface area contributed by atoms with E-state index >= 15 is 0 Å². The number of likely N-dealkylation sites (N-methyl/N-ethyl adjacent to an activating group) is 1. The van der Waals surface area contributed by atoms with Crippen LogP contribution in [0, 0.1) is 13.8 Å². The second-order valence-electron chi connectivity index (χ2n) is 6.24. The van der Waals surface area contributed by atoms with Gasteiger partial charge in [0.2, 0.25) is 0 Å². The average molecular weight is 369 g/mol. The van der Waals surface area contributed by atoms with Crippen LogP contribution in [-0.2, 0) is 9.59 Å². The molecule has 0 radical (unpaired) electrons. The quantitative estimate of drug-likeness (QED) is 0.757. The zero-order valence-corrected chi connectivity index (χ0v) is 15.6. The molecule has 0 heterocycles. The van der Waals surface area contributed by atoms with E-state index in [9.17, 15) is 14.4 Å². The highest BCUT2D eigenvalue weighted by Crippen LogP contribution is 2.15. The SMILES string of the molecule is Cc1cc(C)cc(OCC(=O)NNC(=O)CN(C)C(=O)c2ccccc2)c1. The number of hydrogen-bond acceptors (Lipinski definition) is 4. The molecule has 2 N–H and O–H groups in total. The first-order valence-corrected chi connectivity index (χ1v) is 8.44. The Morgan fingerprint density at radius 2 is 1.52 bits per heavy atom. The summed E-state index contributed by atoms with van der Waals surface area (Å²) < 4.78 is 5.41. The fraction of sp³-hybridized carbons (Fsp3) is 0.250. The molecule has 2 aromatic carbocycles. The molecule has 3 amide bonds. The molecule has 0 spiro atoms. The number of nitrogens with zero attached hydrogens (tertiary/aromatic N) is 1. The number of aryl methyl sites for hydroxylation is 2. The monoisotopic (exact) mass is 369 g/mol. The molecule has 0 fully saturated rings. The summed E-state index contributed by atoms with van der Waals surface area (Å²) in [6.45, 7) is 3.45. The molecule has 142 valence electrons. The normalized spacial score (nSPS) is 10.0. The summed E-state index contributed by atoms with van der Waals surface area (Å²) in [6, 6.07) is 14.3. The highest BCUT2D eigenvalue weighted by Gasteiger charge is 2.15. The van der Waals surface area contributed by atoms with Crippen LogP contribution in [0.3, 0.4) is 0 Å². The molecule has 7 heteroatoms. The Morgan fingerprint density at radius 3 is 2.15 bits per heavy atom. The Bertz CT molecular complexity index is 801. The van der Waals surface area contributed by atoms with Gasteiger partial charge in [0.15, 0.2) is 6.61 Å². The van der Waals surface area contributed by atoms with Crippen molar-refractivity contribution in [3.63, 3.8) is 0 Å². The Balaban J connectivity index is 1.74. The summed E-state index contributed by atoms with van der Waals surface area (Å²) in [6.07, 6.45) is 0. The van der Waals surface area contributed by atoms with E-state index in [2.05, 4.69) is 10.9 Å². The van der Waals surface area contributed by atoms with Gasteiger partial charge in [0.1, 0.15) is 12.3 Å². The largest absolute Gasteiger partial charge is 0.484 e. The van der Waals surface area contributed by atoms with Gasteiger partial charge in [-0.15, -0.1) is 0 Å². The number of ether oxygens (including phenoxy) is 1. The molecular weight excluding hydrogens is 346 g/mol. The number of hydrogen-bond donors (Lipinski definition) is 2. The number of amides is 3. The maximum Gasteiger partial charge on any atom is 0.276 e. The van der Waals surface area contributed by atoms with Crippen molar-refractivity contribution in [1.29, 1.82) is 0 Å². The topological polar surface area (TPSA) is 87.7 Å². The van der Waals surface area contributed by atoms with E-state index in [4.69, 9.17) is 4.74 Å². The van der Waals surface area contributed by atoms with Crippen molar-refractivity contribution in [1.82, 2.24) is 15.8 Å². The van der Waals surface area contributed by atoms with Gasteiger partial charge in [0.25, 0.3) is 17.7 Å². The first kappa shape index (κ1) is 20.0. The van der Waals surface area contributed by atoms with E-state index in [0.29, 0.717) is 11.3 Å². The van der Waals surface area contributed by atoms with Gasteiger partial charge >= 0.3 is 0 Å². The smallest absolute Gasteiger partial charge is 0.276 e. The summed E-state index contributed by atoms with van der Waals surface area (Å²) in [7, 11) is 1.51. The lowest BCUT2D eigenvalue weighted by Crippen LogP contribution is -2.48. The van der Waals surface area contributed by atoms with Crippen molar-refractivity contribution < 1.29 is 19.1 Å². The van der Waals surface area contributed by atoms with Gasteiger partial charge in [0.05, 0.1) is 0 Å². The van der Waals surface area contributed by atoms with Gasteiger partial charge in [-0.05, 0) is 49.2 Å². The van der Waals surface area contributed by atoms with Gasteiger partial charge in [-0.25, -0.2) is 0 Å². The molecule has 0 unspecified atom stereocenters. The molecule has 0 aliphatic heterocycles. The Hall–Kier alpha value is -3.35. The number of carbonyl (C=O) groups excluding carboxylic acids is 3. The van der Waals surface area contributed by atoms with Crippen LogP contribution in [0.5, 0.6) is 5.75 Å². The number of nitrogens with one attached hydrogen (secondary N) is 2. The van der Waals surface area contributed by atoms with Crippen molar-refractivity contribution in [3.8, 4) is 5.75 Å². The first-order chi connectivity index (χ1) is 12.8. The predicted octanol–water partition coefficient (Wildman–Crippen LogP) is 1.60. The third-order valence-corrected chi connectivity index (χ3v) is 3.65. The molecular formula is C20H23N3O4. The number of carbonyl (C=O) groups is 3. The number of hydrazine groups is 1. The van der Waals surface area contributed by atoms with Gasteiger partial charge < -0.3 is 9.64 Å². The minimum absolute atomic E-state index is 0.189. The van der Waals surface area contributed by atoms with Gasteiger partial charge in [-0.2, -0.15) is 0 Å². The van der Waals surface area contributed by atoms with Crippen LogP contribution in [-0.4, -0.2) is 42.8 Å². The number of rotatable bonds is 6. The van der Waals surface area contributed by atoms with Gasteiger partial charge in [0, 0.05) is 12.6 Å². The Morgan fingerprint density at radius 1 is 0.926 bits per heavy atom. The summed E-state index contributed by atoms with van der Waals surface area (Å²) >= 11 is 0. The van der Waals surface area contributed by atoms with Crippen molar-refractivity contribution in [2.24, 2.45) is 0 Å². The molecule has 0 aliphatic carbocycles. The first-order valence-electron chi connectivity index (χ1n) is 8.44. The zero-order valence-electron chi connectivity index (χ0n) is 15.6. The van der Waals surface area contributed by atoms with Gasteiger partial charge in [-0.1, -0.05) is 24.3 Å². The minimum atomic E-state index is -0.512. The Kier molecular flexibility index (Phi) is 6.93. The summed E-state index contributed by atoms with van der Waals surface area (Å²) in [5.74, 6) is -0.710. The van der Waals surface area contributed by atoms with E-state index in [1.165, 1.54) is 11.9 Å². The molecule has 2 aromatic rings. The molecule has 2 rings (SSSR count). The minimum Gasteiger partial charge on any atom is -0.484 e. The summed E-state index contributed by atoms with van der Waals surface area (Å²) in [5.41, 5.74) is 7.08. The standard InChI is InChI=1S/C20H23N3O4/c1-14-9-15(2)11-17(10-14)27-13-19(25)22-21-18(24)12-23(3)20(26)16-7-5-4-6-8-16/h4-11H,12-13H2,1-3H3,(H,21,24)(H,22,25). The molecule has 27 heavy (non-hydrogen) atoms. The van der Waals surface area contributed by atoms with Crippen LogP contribution in [0.4, 0.5) is 0 Å². The van der Waals surface area contributed by atoms with Crippen LogP contribution in [0.2, 0.25) is 0 Å². The fourth-order valence-electron chi connectivity index (χ4n) is 2.47. The zero-order chi connectivity index (χ0) is 19.8. The average Bonchev–Trinajstić information content (AvgIpc) is 2.64. The second-order valence-corrected chi connectivity index (χ2v) is 6.24. The molecule has 0 bridgehead atoms. The van der Waals surface area contributed by atoms with Crippen LogP contribution < -0.4 is 15.6 Å². The fourth-order valence-corrected chi connectivity index (χ4v) is 2.47. The lowest BCUT2D eigenvalue weighted by atomic mass is 10.1. The van der Waals surface area contributed by atoms with Crippen molar-refractivity contribution in [3.05, 3.63) is 65.2 Å². The van der Waals surface area contributed by atoms with E-state index in [1.54, 1.807) is 30.3 Å². The summed E-state index contributed by atoms with van der Waals surface area (Å²) in [5, 5.41) is 0. The molecule has 0 aliphatic rings. The Labute approximate surface area is 158 Å². The van der Waals surface area contributed by atoms with Crippen LogP contribution in [0.15, 0.2) is 48.5 Å². The molecule has 0 aromatic heterocycles. The molecule has 0 saturated carbocycles. The molecule has 0 atom stereocenters. The van der Waals surface area contributed by atoms with E-state index in [0.717, 1.165) is 11.1 Å². The summed E-state index contributed by atoms with van der Waals surface area (Å²) in [4.78, 5) is 37.1. The second kappa shape index (κ2) is 9.38. The third kappa shape index (κ3) is 6.47. The van der Waals surface area contributed by atoms with Crippen LogP contribution in [0.1, 0.15) is 21.5 Å². The van der Waals surface area contributed by atoms with E-state index in [-0.39, 0.29) is 19.1 Å².